The van der Waals surface area contributed by atoms with Gasteiger partial charge in [0.1, 0.15) is 11.6 Å². The van der Waals surface area contributed by atoms with Crippen LogP contribution in [0.25, 0.3) is 10.9 Å². The quantitative estimate of drug-likeness (QED) is 0.433. The van der Waals surface area contributed by atoms with E-state index in [1.807, 2.05) is 48.7 Å². The number of aromatic amines is 1. The van der Waals surface area contributed by atoms with Gasteiger partial charge in [-0.15, -0.1) is 0 Å². The Labute approximate surface area is 181 Å². The lowest BCUT2D eigenvalue weighted by Crippen LogP contribution is -2.34. The van der Waals surface area contributed by atoms with Gasteiger partial charge in [0.05, 0.1) is 13.5 Å². The number of nitrogens with zero attached hydrogens (tertiary/aromatic N) is 1. The van der Waals surface area contributed by atoms with Crippen molar-refractivity contribution in [2.75, 3.05) is 13.7 Å². The van der Waals surface area contributed by atoms with E-state index in [-0.39, 0.29) is 24.7 Å². The van der Waals surface area contributed by atoms with Crippen molar-refractivity contribution < 1.29 is 13.9 Å². The minimum absolute atomic E-state index is 0.0340. The lowest BCUT2D eigenvalue weighted by atomic mass is 10.1. The molecule has 0 bridgehead atoms. The van der Waals surface area contributed by atoms with E-state index >= 15 is 0 Å². The predicted octanol–water partition coefficient (Wildman–Crippen LogP) is 5.13. The molecule has 0 atom stereocenters. The van der Waals surface area contributed by atoms with Gasteiger partial charge >= 0.3 is 0 Å². The molecule has 1 amide bonds. The summed E-state index contributed by atoms with van der Waals surface area (Å²) in [5.74, 6) is 0.420. The standard InChI is InChI=1S/C26H25FN2O2/c1-31-22-12-10-19(11-13-22)16-26(30)29(18-21-6-2-4-8-24(21)27)15-14-20-17-28-25-9-5-3-7-23(20)25/h2-13,17,28H,14-16,18H2,1H3. The van der Waals surface area contributed by atoms with Crippen LogP contribution in [0.15, 0.2) is 79.0 Å². The first-order valence-corrected chi connectivity index (χ1v) is 10.3. The maximum atomic E-state index is 14.3. The van der Waals surface area contributed by atoms with Gasteiger partial charge in [0, 0.05) is 35.8 Å². The normalized spacial score (nSPS) is 10.9. The number of methoxy groups -OCH3 is 1. The number of H-pyrrole nitrogens is 1. The second-order valence-electron chi connectivity index (χ2n) is 7.54. The zero-order valence-electron chi connectivity index (χ0n) is 17.5. The Morgan fingerprint density at radius 3 is 2.48 bits per heavy atom. The first-order chi connectivity index (χ1) is 15.1. The van der Waals surface area contributed by atoms with E-state index in [0.29, 0.717) is 18.5 Å². The highest BCUT2D eigenvalue weighted by Gasteiger charge is 2.17. The molecule has 4 rings (SSSR count). The molecular weight excluding hydrogens is 391 g/mol. The Bertz CT molecular complexity index is 1170. The number of fused-ring (bicyclic) bond motifs is 1. The SMILES string of the molecule is COc1ccc(CC(=O)N(CCc2c[nH]c3ccccc23)Cc2ccccc2F)cc1. The summed E-state index contributed by atoms with van der Waals surface area (Å²) in [6.45, 7) is 0.745. The van der Waals surface area contributed by atoms with Gasteiger partial charge in [-0.1, -0.05) is 48.5 Å². The molecule has 0 saturated heterocycles. The Balaban J connectivity index is 1.52. The number of amides is 1. The van der Waals surface area contributed by atoms with Crippen LogP contribution in [0, 0.1) is 5.82 Å². The summed E-state index contributed by atoms with van der Waals surface area (Å²) in [4.78, 5) is 18.2. The Hall–Kier alpha value is -3.60. The molecule has 31 heavy (non-hydrogen) atoms. The number of benzene rings is 3. The second kappa shape index (κ2) is 9.47. The van der Waals surface area contributed by atoms with Crippen LogP contribution in [-0.2, 0) is 24.2 Å². The van der Waals surface area contributed by atoms with E-state index in [1.54, 1.807) is 30.2 Å². The van der Waals surface area contributed by atoms with E-state index in [1.165, 1.54) is 6.07 Å². The number of rotatable bonds is 8. The second-order valence-corrected chi connectivity index (χ2v) is 7.54. The lowest BCUT2D eigenvalue weighted by Gasteiger charge is -2.23. The molecule has 1 N–H and O–H groups in total. The molecule has 5 heteroatoms. The molecule has 3 aromatic carbocycles. The maximum absolute atomic E-state index is 14.3. The average molecular weight is 416 g/mol. The molecule has 0 aliphatic rings. The van der Waals surface area contributed by atoms with E-state index in [0.717, 1.165) is 27.8 Å². The minimum atomic E-state index is -0.295. The van der Waals surface area contributed by atoms with Crippen molar-refractivity contribution in [3.63, 3.8) is 0 Å². The summed E-state index contributed by atoms with van der Waals surface area (Å²) in [6.07, 6.45) is 2.93. The van der Waals surface area contributed by atoms with E-state index in [2.05, 4.69) is 11.1 Å². The third-order valence-corrected chi connectivity index (χ3v) is 5.51. The zero-order valence-corrected chi connectivity index (χ0v) is 17.5. The van der Waals surface area contributed by atoms with E-state index in [9.17, 15) is 9.18 Å². The van der Waals surface area contributed by atoms with Gasteiger partial charge in [0.25, 0.3) is 0 Å². The molecule has 0 aliphatic heterocycles. The molecule has 4 nitrogen and oxygen atoms in total. The van der Waals surface area contributed by atoms with E-state index in [4.69, 9.17) is 4.74 Å². The Kier molecular flexibility index (Phi) is 6.32. The first kappa shape index (κ1) is 20.7. The molecule has 1 aromatic heterocycles. The molecular formula is C26H25FN2O2. The monoisotopic (exact) mass is 416 g/mol. The Morgan fingerprint density at radius 2 is 1.71 bits per heavy atom. The molecule has 4 aromatic rings. The summed E-state index contributed by atoms with van der Waals surface area (Å²) in [7, 11) is 1.61. The molecule has 0 fully saturated rings. The van der Waals surface area contributed by atoms with Gasteiger partial charge in [-0.05, 0) is 41.8 Å². The lowest BCUT2D eigenvalue weighted by molar-refractivity contribution is -0.131. The van der Waals surface area contributed by atoms with Crippen LogP contribution >= 0.6 is 0 Å². The zero-order chi connectivity index (χ0) is 21.6. The van der Waals surface area contributed by atoms with Crippen molar-refractivity contribution in [3.8, 4) is 5.75 Å². The number of hydrogen-bond acceptors (Lipinski definition) is 2. The van der Waals surface area contributed by atoms with Crippen molar-refractivity contribution in [1.82, 2.24) is 9.88 Å². The van der Waals surface area contributed by atoms with Crippen LogP contribution < -0.4 is 4.74 Å². The van der Waals surface area contributed by atoms with Crippen molar-refractivity contribution in [2.45, 2.75) is 19.4 Å². The van der Waals surface area contributed by atoms with Gasteiger partial charge in [0.15, 0.2) is 0 Å². The fraction of sp³-hybridized carbons (Fsp3) is 0.192. The van der Waals surface area contributed by atoms with Crippen LogP contribution in [-0.4, -0.2) is 29.4 Å². The third kappa shape index (κ3) is 4.94. The Morgan fingerprint density at radius 1 is 0.968 bits per heavy atom. The van der Waals surface area contributed by atoms with Gasteiger partial charge < -0.3 is 14.6 Å². The molecule has 0 unspecified atom stereocenters. The minimum Gasteiger partial charge on any atom is -0.497 e. The molecule has 0 saturated carbocycles. The first-order valence-electron chi connectivity index (χ1n) is 10.3. The number of halogens is 1. The van der Waals surface area contributed by atoms with E-state index < -0.39 is 0 Å². The molecule has 0 radical (unpaired) electrons. The molecule has 0 aliphatic carbocycles. The largest absolute Gasteiger partial charge is 0.497 e. The summed E-state index contributed by atoms with van der Waals surface area (Å²) in [6, 6.07) is 22.2. The maximum Gasteiger partial charge on any atom is 0.227 e. The highest BCUT2D eigenvalue weighted by Crippen LogP contribution is 2.20. The summed E-state index contributed by atoms with van der Waals surface area (Å²) >= 11 is 0. The fourth-order valence-electron chi connectivity index (χ4n) is 3.75. The van der Waals surface area contributed by atoms with Crippen molar-refractivity contribution in [2.24, 2.45) is 0 Å². The number of ether oxygens (including phenoxy) is 1. The number of nitrogens with one attached hydrogen (secondary N) is 1. The topological polar surface area (TPSA) is 45.3 Å². The smallest absolute Gasteiger partial charge is 0.227 e. The summed E-state index contributed by atoms with van der Waals surface area (Å²) < 4.78 is 19.5. The number of carbonyl (C=O) groups excluding carboxylic acids is 1. The van der Waals surface area contributed by atoms with Gasteiger partial charge in [-0.2, -0.15) is 0 Å². The van der Waals surface area contributed by atoms with Gasteiger partial charge in [-0.25, -0.2) is 4.39 Å². The van der Waals surface area contributed by atoms with Crippen molar-refractivity contribution in [1.29, 1.82) is 0 Å². The average Bonchev–Trinajstić information content (AvgIpc) is 3.21. The van der Waals surface area contributed by atoms with Crippen LogP contribution in [0.1, 0.15) is 16.7 Å². The van der Waals surface area contributed by atoms with Crippen molar-refractivity contribution >= 4 is 16.8 Å². The van der Waals surface area contributed by atoms with Crippen LogP contribution in [0.3, 0.4) is 0 Å². The highest BCUT2D eigenvalue weighted by atomic mass is 19.1. The van der Waals surface area contributed by atoms with Gasteiger partial charge in [-0.3, -0.25) is 4.79 Å². The van der Waals surface area contributed by atoms with Crippen LogP contribution in [0.5, 0.6) is 5.75 Å². The van der Waals surface area contributed by atoms with Crippen LogP contribution in [0.4, 0.5) is 4.39 Å². The number of hydrogen-bond donors (Lipinski definition) is 1. The molecule has 1 heterocycles. The number of carbonyl (C=O) groups is 1. The number of aromatic nitrogens is 1. The summed E-state index contributed by atoms with van der Waals surface area (Å²) in [5, 5.41) is 1.15. The highest BCUT2D eigenvalue weighted by molar-refractivity contribution is 5.83. The van der Waals surface area contributed by atoms with Crippen molar-refractivity contribution in [3.05, 3.63) is 102 Å². The predicted molar refractivity (Wildman–Crippen MR) is 121 cm³/mol. The fourth-order valence-corrected chi connectivity index (χ4v) is 3.75. The molecule has 158 valence electrons. The van der Waals surface area contributed by atoms with Gasteiger partial charge in [0.2, 0.25) is 5.91 Å². The number of para-hydroxylation sites is 1. The summed E-state index contributed by atoms with van der Waals surface area (Å²) in [5.41, 5.74) is 3.63. The molecule has 0 spiro atoms. The third-order valence-electron chi connectivity index (χ3n) is 5.51. The van der Waals surface area contributed by atoms with Crippen LogP contribution in [0.2, 0.25) is 0 Å².